The summed E-state index contributed by atoms with van der Waals surface area (Å²) in [5, 5.41) is 19.8. The molecule has 0 radical (unpaired) electrons. The van der Waals surface area contributed by atoms with Crippen LogP contribution in [0.4, 0.5) is 0 Å². The fraction of sp³-hybridized carbons (Fsp3) is 0.733. The maximum Gasteiger partial charge on any atom is 0.353 e. The number of carbonyl (C=O) groups excluding carboxylic acids is 1. The molecule has 3 rings (SSSR count). The Morgan fingerprint density at radius 2 is 2.22 bits per heavy atom. The highest BCUT2D eigenvalue weighted by molar-refractivity contribution is 8.19. The first-order chi connectivity index (χ1) is 10.9. The van der Waals surface area contributed by atoms with Crippen molar-refractivity contribution < 1.29 is 19.8 Å². The van der Waals surface area contributed by atoms with Gasteiger partial charge in [-0.1, -0.05) is 6.92 Å². The second-order valence-corrected chi connectivity index (χ2v) is 9.44. The Bertz CT molecular complexity index is 566. The molecule has 4 N–H and O–H groups in total. The van der Waals surface area contributed by atoms with Gasteiger partial charge in [-0.15, -0.1) is 23.5 Å². The van der Waals surface area contributed by atoms with Gasteiger partial charge in [0.25, 0.3) is 0 Å². The summed E-state index contributed by atoms with van der Waals surface area (Å²) in [5.74, 6) is -1.88. The fourth-order valence-electron chi connectivity index (χ4n) is 3.75. The largest absolute Gasteiger partial charge is 0.477 e. The first kappa shape index (κ1) is 17.1. The summed E-state index contributed by atoms with van der Waals surface area (Å²) < 4.78 is 0.286. The number of hydrogen-bond acceptors (Lipinski definition) is 6. The van der Waals surface area contributed by atoms with Crippen molar-refractivity contribution in [1.29, 1.82) is 0 Å². The molecule has 0 aromatic heterocycles. The number of thioether (sulfide) groups is 2. The number of aliphatic carboxylic acids is 1. The zero-order chi connectivity index (χ0) is 16.9. The summed E-state index contributed by atoms with van der Waals surface area (Å²) in [6.45, 7) is 4.19. The lowest BCUT2D eigenvalue weighted by Crippen LogP contribution is -2.63. The Labute approximate surface area is 143 Å². The van der Waals surface area contributed by atoms with Crippen LogP contribution < -0.4 is 5.73 Å². The summed E-state index contributed by atoms with van der Waals surface area (Å²) in [6.07, 6.45) is 1.29. The molecule has 1 amide bonds. The maximum atomic E-state index is 12.3. The number of aliphatic hydroxyl groups is 1. The Hall–Kier alpha value is -0.700. The van der Waals surface area contributed by atoms with E-state index in [0.717, 1.165) is 17.7 Å². The molecule has 0 bridgehead atoms. The number of hydrogen-bond donors (Lipinski definition) is 3. The van der Waals surface area contributed by atoms with Crippen LogP contribution in [0.3, 0.4) is 0 Å². The number of nitrogens with zero attached hydrogens (tertiary/aromatic N) is 1. The van der Waals surface area contributed by atoms with Crippen molar-refractivity contribution in [3.8, 4) is 0 Å². The van der Waals surface area contributed by atoms with Crippen LogP contribution in [-0.2, 0) is 9.59 Å². The molecular formula is C15H22N2O4S2. The molecule has 23 heavy (non-hydrogen) atoms. The van der Waals surface area contributed by atoms with E-state index in [4.69, 9.17) is 5.73 Å². The van der Waals surface area contributed by atoms with Crippen LogP contribution in [0.1, 0.15) is 26.7 Å². The SMILES string of the molecule is CC(O)[C@@H]1C(=O)N2C(C(=O)O)=C(S[C@@H]3CCC(CN)S3)[C@@H](C)[C@@H]12. The fourth-order valence-corrected chi connectivity index (χ4v) is 7.03. The van der Waals surface area contributed by atoms with Gasteiger partial charge in [0, 0.05) is 22.6 Å². The number of carboxylic acids is 1. The number of carboxylic acid groups (broad SMARTS) is 1. The minimum atomic E-state index is -1.06. The van der Waals surface area contributed by atoms with E-state index in [-0.39, 0.29) is 28.1 Å². The van der Waals surface area contributed by atoms with Crippen molar-refractivity contribution in [3.05, 3.63) is 10.6 Å². The van der Waals surface area contributed by atoms with Gasteiger partial charge in [0.2, 0.25) is 5.91 Å². The molecule has 3 aliphatic rings. The summed E-state index contributed by atoms with van der Waals surface area (Å²) in [5.41, 5.74) is 5.83. The van der Waals surface area contributed by atoms with E-state index in [1.165, 1.54) is 4.90 Å². The standard InChI is InChI=1S/C15H22N2O4S2/c1-6-11-10(7(2)18)14(19)17(11)12(15(20)21)13(6)23-9-4-3-8(5-16)22-9/h6-11,18H,3-5,16H2,1-2H3,(H,20,21)/t6-,7?,8?,9+,10-,11-/m0/s1. The molecule has 3 aliphatic heterocycles. The Balaban J connectivity index is 1.83. The number of rotatable bonds is 5. The van der Waals surface area contributed by atoms with Crippen LogP contribution in [0.15, 0.2) is 10.6 Å². The predicted molar refractivity (Wildman–Crippen MR) is 90.7 cm³/mol. The van der Waals surface area contributed by atoms with Crippen LogP contribution in [0.5, 0.6) is 0 Å². The molecule has 6 nitrogen and oxygen atoms in total. The molecule has 2 unspecified atom stereocenters. The van der Waals surface area contributed by atoms with Crippen LogP contribution in [0, 0.1) is 11.8 Å². The molecule has 0 spiro atoms. The highest BCUT2D eigenvalue weighted by atomic mass is 32.2. The van der Waals surface area contributed by atoms with Crippen molar-refractivity contribution in [1.82, 2.24) is 4.90 Å². The predicted octanol–water partition coefficient (Wildman–Crippen LogP) is 1.05. The summed E-state index contributed by atoms with van der Waals surface area (Å²) in [6, 6.07) is -0.229. The van der Waals surface area contributed by atoms with E-state index < -0.39 is 18.0 Å². The Morgan fingerprint density at radius 3 is 2.74 bits per heavy atom. The highest BCUT2D eigenvalue weighted by Gasteiger charge is 2.60. The summed E-state index contributed by atoms with van der Waals surface area (Å²) >= 11 is 3.37. The monoisotopic (exact) mass is 358 g/mol. The van der Waals surface area contributed by atoms with Gasteiger partial charge in [-0.05, 0) is 19.8 Å². The molecule has 0 saturated carbocycles. The molecule has 128 valence electrons. The van der Waals surface area contributed by atoms with E-state index in [2.05, 4.69) is 0 Å². The van der Waals surface area contributed by atoms with Crippen LogP contribution in [0.25, 0.3) is 0 Å². The Morgan fingerprint density at radius 1 is 1.52 bits per heavy atom. The van der Waals surface area contributed by atoms with Crippen molar-refractivity contribution in [3.63, 3.8) is 0 Å². The van der Waals surface area contributed by atoms with Gasteiger partial charge in [0.15, 0.2) is 0 Å². The normalized spacial score (nSPS) is 37.8. The van der Waals surface area contributed by atoms with Gasteiger partial charge in [-0.25, -0.2) is 4.79 Å². The molecule has 3 heterocycles. The minimum absolute atomic E-state index is 0.0547. The van der Waals surface area contributed by atoms with Crippen LogP contribution in [0.2, 0.25) is 0 Å². The highest BCUT2D eigenvalue weighted by Crippen LogP contribution is 2.54. The zero-order valence-electron chi connectivity index (χ0n) is 13.1. The third-order valence-corrected chi connectivity index (χ3v) is 8.19. The van der Waals surface area contributed by atoms with Crippen LogP contribution in [-0.4, -0.2) is 55.5 Å². The molecule has 0 aromatic carbocycles. The van der Waals surface area contributed by atoms with E-state index in [1.807, 2.05) is 6.92 Å². The van der Waals surface area contributed by atoms with Crippen LogP contribution >= 0.6 is 23.5 Å². The second kappa shape index (κ2) is 6.31. The average molecular weight is 358 g/mol. The minimum Gasteiger partial charge on any atom is -0.477 e. The van der Waals surface area contributed by atoms with E-state index in [0.29, 0.717) is 11.8 Å². The van der Waals surface area contributed by atoms with Gasteiger partial charge >= 0.3 is 5.97 Å². The first-order valence-electron chi connectivity index (χ1n) is 7.87. The lowest BCUT2D eigenvalue weighted by Gasteiger charge is -2.46. The lowest BCUT2D eigenvalue weighted by atomic mass is 9.79. The molecule has 6 atom stereocenters. The lowest BCUT2D eigenvalue weighted by molar-refractivity contribution is -0.163. The number of amides is 1. The maximum absolute atomic E-state index is 12.3. The van der Waals surface area contributed by atoms with Crippen molar-refractivity contribution in [2.45, 2.75) is 48.7 Å². The van der Waals surface area contributed by atoms with Crippen molar-refractivity contribution in [2.75, 3.05) is 6.54 Å². The van der Waals surface area contributed by atoms with Gasteiger partial charge in [0.05, 0.1) is 22.6 Å². The van der Waals surface area contributed by atoms with Gasteiger partial charge in [-0.2, -0.15) is 0 Å². The molecule has 8 heteroatoms. The summed E-state index contributed by atoms with van der Waals surface area (Å²) in [7, 11) is 0. The second-order valence-electron chi connectivity index (χ2n) is 6.39. The first-order valence-corrected chi connectivity index (χ1v) is 9.69. The third kappa shape index (κ3) is 2.69. The Kier molecular flexibility index (Phi) is 4.70. The van der Waals surface area contributed by atoms with Crippen molar-refractivity contribution in [2.24, 2.45) is 17.6 Å². The van der Waals surface area contributed by atoms with E-state index >= 15 is 0 Å². The number of β-lactam (4-membered cyclic amide) rings is 1. The molecular weight excluding hydrogens is 336 g/mol. The third-order valence-electron chi connectivity index (χ3n) is 4.90. The average Bonchev–Trinajstić information content (AvgIpc) is 3.02. The molecule has 0 aliphatic carbocycles. The van der Waals surface area contributed by atoms with E-state index in [1.54, 1.807) is 30.4 Å². The van der Waals surface area contributed by atoms with E-state index in [9.17, 15) is 19.8 Å². The van der Waals surface area contributed by atoms with Gasteiger partial charge in [-0.3, -0.25) is 4.79 Å². The molecule has 2 fully saturated rings. The molecule has 2 saturated heterocycles. The smallest absolute Gasteiger partial charge is 0.353 e. The number of carbonyl (C=O) groups is 2. The zero-order valence-corrected chi connectivity index (χ0v) is 14.8. The number of nitrogens with two attached hydrogens (primary N) is 1. The van der Waals surface area contributed by atoms with Gasteiger partial charge < -0.3 is 20.8 Å². The number of fused-ring (bicyclic) bond motifs is 1. The van der Waals surface area contributed by atoms with Crippen molar-refractivity contribution >= 4 is 35.4 Å². The van der Waals surface area contributed by atoms with Gasteiger partial charge in [0.1, 0.15) is 5.70 Å². The quantitative estimate of drug-likeness (QED) is 0.631. The summed E-state index contributed by atoms with van der Waals surface area (Å²) in [4.78, 5) is 26.1. The number of aliphatic hydroxyl groups excluding tert-OH is 1. The molecule has 0 aromatic rings. The topological polar surface area (TPSA) is 104 Å².